The summed E-state index contributed by atoms with van der Waals surface area (Å²) in [4.78, 5) is 43.1. The Morgan fingerprint density at radius 3 is 2.83 bits per heavy atom. The summed E-state index contributed by atoms with van der Waals surface area (Å²) in [5.41, 5.74) is 3.03. The van der Waals surface area contributed by atoms with E-state index in [1.807, 2.05) is 25.1 Å². The lowest BCUT2D eigenvalue weighted by Gasteiger charge is -2.25. The molecular weight excluding hydrogens is 406 g/mol. The van der Waals surface area contributed by atoms with Crippen molar-refractivity contribution in [1.82, 2.24) is 4.57 Å². The van der Waals surface area contributed by atoms with Crippen molar-refractivity contribution >= 4 is 39.9 Å². The minimum atomic E-state index is -0.459. The van der Waals surface area contributed by atoms with Crippen LogP contribution in [0.5, 0.6) is 0 Å². The van der Waals surface area contributed by atoms with Crippen LogP contribution in [0.15, 0.2) is 52.3 Å². The van der Waals surface area contributed by atoms with Crippen molar-refractivity contribution in [2.45, 2.75) is 13.6 Å². The maximum Gasteiger partial charge on any atom is 0.272 e. The van der Waals surface area contributed by atoms with Gasteiger partial charge in [0.2, 0.25) is 0 Å². The molecule has 2 aliphatic heterocycles. The highest BCUT2D eigenvalue weighted by Crippen LogP contribution is 2.30. The number of nitro benzene ring substituents is 1. The second kappa shape index (κ2) is 6.63. The Morgan fingerprint density at radius 1 is 1.20 bits per heavy atom. The summed E-state index contributed by atoms with van der Waals surface area (Å²) in [6.45, 7) is 2.39. The number of aromatic nitrogens is 1. The average Bonchev–Trinajstić information content (AvgIpc) is 3.23. The molecule has 0 saturated carbocycles. The van der Waals surface area contributed by atoms with Crippen molar-refractivity contribution in [1.29, 1.82) is 0 Å². The van der Waals surface area contributed by atoms with Crippen LogP contribution in [0.2, 0.25) is 0 Å². The minimum Gasteiger partial charge on any atom is -0.333 e. The maximum absolute atomic E-state index is 13.2. The molecule has 1 N–H and O–H groups in total. The van der Waals surface area contributed by atoms with Crippen molar-refractivity contribution in [3.8, 4) is 0 Å². The first kappa shape index (κ1) is 18.3. The summed E-state index contributed by atoms with van der Waals surface area (Å²) in [5.74, 6) is -0.303. The predicted octanol–water partition coefficient (Wildman–Crippen LogP) is 1.33. The highest BCUT2D eigenvalue weighted by atomic mass is 32.1. The van der Waals surface area contributed by atoms with Gasteiger partial charge in [-0.2, -0.15) is 0 Å². The summed E-state index contributed by atoms with van der Waals surface area (Å²) in [6, 6.07) is 11.8. The van der Waals surface area contributed by atoms with Crippen molar-refractivity contribution in [2.75, 3.05) is 16.9 Å². The molecule has 3 aromatic rings. The van der Waals surface area contributed by atoms with Gasteiger partial charge in [-0.3, -0.25) is 24.3 Å². The third-order valence-electron chi connectivity index (χ3n) is 5.10. The van der Waals surface area contributed by atoms with E-state index in [1.54, 1.807) is 17.0 Å². The number of rotatable bonds is 2. The zero-order valence-electron chi connectivity index (χ0n) is 15.8. The fourth-order valence-electron chi connectivity index (χ4n) is 3.63. The predicted molar refractivity (Wildman–Crippen MR) is 112 cm³/mol. The van der Waals surface area contributed by atoms with Crippen LogP contribution < -0.4 is 25.1 Å². The SMILES string of the molecule is Cc1ccc2c(c1)C(=c1sc3n(c1=O)CN(c1cccc([N+](=O)[O-])c1)CN=3)C(=O)N2. The van der Waals surface area contributed by atoms with Gasteiger partial charge in [0.05, 0.1) is 10.5 Å². The van der Waals surface area contributed by atoms with E-state index < -0.39 is 4.92 Å². The van der Waals surface area contributed by atoms with Crippen LogP contribution in [-0.2, 0) is 11.5 Å². The second-order valence-corrected chi connectivity index (χ2v) is 8.06. The molecule has 2 aliphatic rings. The first-order valence-electron chi connectivity index (χ1n) is 9.12. The highest BCUT2D eigenvalue weighted by Gasteiger charge is 2.28. The van der Waals surface area contributed by atoms with E-state index in [-0.39, 0.29) is 30.5 Å². The van der Waals surface area contributed by atoms with E-state index in [1.165, 1.54) is 28.0 Å². The molecule has 0 bridgehead atoms. The Hall–Kier alpha value is -3.79. The van der Waals surface area contributed by atoms with E-state index in [2.05, 4.69) is 10.3 Å². The van der Waals surface area contributed by atoms with Crippen molar-refractivity contribution < 1.29 is 9.72 Å². The summed E-state index contributed by atoms with van der Waals surface area (Å²) >= 11 is 1.19. The molecule has 0 unspecified atom stereocenters. The lowest BCUT2D eigenvalue weighted by molar-refractivity contribution is -0.384. The van der Waals surface area contributed by atoms with Crippen molar-refractivity contribution in [2.24, 2.45) is 4.99 Å². The van der Waals surface area contributed by atoms with Gasteiger partial charge in [0.15, 0.2) is 4.80 Å². The lowest BCUT2D eigenvalue weighted by atomic mass is 10.1. The first-order valence-corrected chi connectivity index (χ1v) is 9.94. The van der Waals surface area contributed by atoms with Crippen LogP contribution >= 0.6 is 11.3 Å². The summed E-state index contributed by atoms with van der Waals surface area (Å²) < 4.78 is 1.84. The minimum absolute atomic E-state index is 0.0261. The fraction of sp³-hybridized carbons (Fsp3) is 0.150. The first-order chi connectivity index (χ1) is 14.4. The summed E-state index contributed by atoms with van der Waals surface area (Å²) in [5, 5.41) is 13.9. The van der Waals surface area contributed by atoms with Gasteiger partial charge in [-0.25, -0.2) is 4.99 Å². The van der Waals surface area contributed by atoms with Gasteiger partial charge in [0.25, 0.3) is 17.2 Å². The number of anilines is 2. The molecule has 3 heterocycles. The average molecular weight is 421 g/mol. The number of non-ortho nitro benzene ring substituents is 1. The van der Waals surface area contributed by atoms with Crippen LogP contribution in [0, 0.1) is 17.0 Å². The molecule has 0 aliphatic carbocycles. The van der Waals surface area contributed by atoms with Gasteiger partial charge in [-0.1, -0.05) is 29.0 Å². The normalized spacial score (nSPS) is 16.6. The Bertz CT molecular complexity index is 1420. The van der Waals surface area contributed by atoms with Crippen LogP contribution in [0.3, 0.4) is 0 Å². The maximum atomic E-state index is 13.2. The fourth-order valence-corrected chi connectivity index (χ4v) is 4.69. The Kier molecular flexibility index (Phi) is 4.03. The Labute approximate surface area is 173 Å². The number of hydrogen-bond acceptors (Lipinski definition) is 7. The van der Waals surface area contributed by atoms with E-state index in [9.17, 15) is 19.7 Å². The number of nitro groups is 1. The molecule has 1 amide bonds. The molecule has 150 valence electrons. The number of thiazole rings is 1. The quantitative estimate of drug-likeness (QED) is 0.496. The van der Waals surface area contributed by atoms with Crippen molar-refractivity contribution in [3.05, 3.63) is 83.4 Å². The number of carbonyl (C=O) groups is 1. The molecule has 10 heteroatoms. The largest absolute Gasteiger partial charge is 0.333 e. The Morgan fingerprint density at radius 2 is 2.03 bits per heavy atom. The number of benzene rings is 2. The monoisotopic (exact) mass is 421 g/mol. The number of hydrogen-bond donors (Lipinski definition) is 1. The van der Waals surface area contributed by atoms with Crippen LogP contribution in [-0.4, -0.2) is 22.1 Å². The topological polar surface area (TPSA) is 110 Å². The van der Waals surface area contributed by atoms with Gasteiger partial charge in [0, 0.05) is 29.1 Å². The van der Waals surface area contributed by atoms with Crippen LogP contribution in [0.1, 0.15) is 11.1 Å². The molecule has 0 saturated heterocycles. The molecule has 0 fully saturated rings. The number of nitrogens with one attached hydrogen (secondary N) is 1. The van der Waals surface area contributed by atoms with Gasteiger partial charge in [-0.15, -0.1) is 0 Å². The highest BCUT2D eigenvalue weighted by molar-refractivity contribution is 7.07. The van der Waals surface area contributed by atoms with Gasteiger partial charge in [0.1, 0.15) is 17.9 Å². The number of nitrogens with zero attached hydrogens (tertiary/aromatic N) is 4. The summed E-state index contributed by atoms with van der Waals surface area (Å²) in [7, 11) is 0. The third-order valence-corrected chi connectivity index (χ3v) is 6.22. The molecule has 0 radical (unpaired) electrons. The Balaban J connectivity index is 1.62. The molecule has 2 aromatic carbocycles. The lowest BCUT2D eigenvalue weighted by Crippen LogP contribution is -2.43. The molecule has 5 rings (SSSR count). The summed E-state index contributed by atoms with van der Waals surface area (Å²) in [6.07, 6.45) is 0. The van der Waals surface area contributed by atoms with E-state index in [0.717, 1.165) is 5.56 Å². The molecule has 0 spiro atoms. The third kappa shape index (κ3) is 2.80. The number of amides is 1. The zero-order chi connectivity index (χ0) is 21.0. The standard InChI is InChI=1S/C20H15N5O4S/c1-11-5-6-15-14(7-11)16(18(26)22-15)17-19(27)24-10-23(9-21-20(24)30-17)12-3-2-4-13(8-12)25(28)29/h2-8H,9-10H2,1H3,(H,22,26). The number of fused-ring (bicyclic) bond motifs is 2. The smallest absolute Gasteiger partial charge is 0.272 e. The van der Waals surface area contributed by atoms with Crippen LogP contribution in [0.4, 0.5) is 17.1 Å². The number of carbonyl (C=O) groups excluding carboxylic acids is 1. The number of aryl methyl sites for hydroxylation is 1. The van der Waals surface area contributed by atoms with Gasteiger partial charge in [-0.05, 0) is 25.1 Å². The molecule has 30 heavy (non-hydrogen) atoms. The van der Waals surface area contributed by atoms with Gasteiger partial charge < -0.3 is 10.2 Å². The second-order valence-electron chi connectivity index (χ2n) is 7.08. The molecule has 1 aromatic heterocycles. The van der Waals surface area contributed by atoms with E-state index >= 15 is 0 Å². The van der Waals surface area contributed by atoms with Crippen molar-refractivity contribution in [3.63, 3.8) is 0 Å². The van der Waals surface area contributed by atoms with Gasteiger partial charge >= 0.3 is 0 Å². The molecule has 0 atom stereocenters. The van der Waals surface area contributed by atoms with Crippen LogP contribution in [0.25, 0.3) is 5.57 Å². The van der Waals surface area contributed by atoms with E-state index in [0.29, 0.717) is 31.8 Å². The molecular formula is C20H15N5O4S. The molecule has 9 nitrogen and oxygen atoms in total. The van der Waals surface area contributed by atoms with E-state index in [4.69, 9.17) is 0 Å². The zero-order valence-corrected chi connectivity index (χ0v) is 16.6.